The third kappa shape index (κ3) is 3.66. The van der Waals surface area contributed by atoms with Crippen LogP contribution < -0.4 is 4.90 Å². The number of benzene rings is 1. The second-order valence-corrected chi connectivity index (χ2v) is 9.20. The highest BCUT2D eigenvalue weighted by Crippen LogP contribution is 2.30. The molecule has 158 valence electrons. The van der Waals surface area contributed by atoms with Crippen LogP contribution in [0.5, 0.6) is 0 Å². The maximum Gasteiger partial charge on any atom is 0.276 e. The van der Waals surface area contributed by atoms with Crippen molar-refractivity contribution in [2.24, 2.45) is 0 Å². The van der Waals surface area contributed by atoms with Gasteiger partial charge >= 0.3 is 0 Å². The van der Waals surface area contributed by atoms with Crippen molar-refractivity contribution in [1.29, 1.82) is 0 Å². The van der Waals surface area contributed by atoms with Gasteiger partial charge in [-0.05, 0) is 57.2 Å². The minimum absolute atomic E-state index is 0.0194. The molecule has 8 nitrogen and oxygen atoms in total. The predicted octanol–water partition coefficient (Wildman–Crippen LogP) is 3.26. The number of carbonyl (C=O) groups excluding carboxylic acids is 1. The van der Waals surface area contributed by atoms with Crippen molar-refractivity contribution in [3.63, 3.8) is 0 Å². The molecule has 1 aliphatic heterocycles. The van der Waals surface area contributed by atoms with E-state index < -0.39 is 10.0 Å². The van der Waals surface area contributed by atoms with Gasteiger partial charge in [0.1, 0.15) is 0 Å². The molecule has 0 bridgehead atoms. The first kappa shape index (κ1) is 20.4. The van der Waals surface area contributed by atoms with Gasteiger partial charge in [-0.3, -0.25) is 4.79 Å². The van der Waals surface area contributed by atoms with Gasteiger partial charge in [-0.2, -0.15) is 4.31 Å². The summed E-state index contributed by atoms with van der Waals surface area (Å²) in [7, 11) is -3.75. The third-order valence-electron chi connectivity index (χ3n) is 5.43. The molecule has 0 spiro atoms. The fraction of sp³-hybridized carbons (Fsp3) is 0.333. The van der Waals surface area contributed by atoms with Crippen LogP contribution in [0.3, 0.4) is 0 Å². The number of rotatable bonds is 5. The van der Waals surface area contributed by atoms with Crippen molar-refractivity contribution in [3.8, 4) is 11.5 Å². The van der Waals surface area contributed by atoms with Gasteiger partial charge in [0.2, 0.25) is 10.9 Å². The first-order valence-corrected chi connectivity index (χ1v) is 11.1. The van der Waals surface area contributed by atoms with Crippen molar-refractivity contribution >= 4 is 21.5 Å². The number of hydrogen-bond acceptors (Lipinski definition) is 7. The highest BCUT2D eigenvalue weighted by molar-refractivity contribution is 7.89. The quantitative estimate of drug-likeness (QED) is 0.574. The lowest BCUT2D eigenvalue weighted by Crippen LogP contribution is -2.48. The molecule has 0 unspecified atom stereocenters. The number of sulfonamides is 1. The van der Waals surface area contributed by atoms with Gasteiger partial charge < -0.3 is 13.8 Å². The molecule has 30 heavy (non-hydrogen) atoms. The van der Waals surface area contributed by atoms with Gasteiger partial charge in [-0.15, -0.1) is 0 Å². The summed E-state index contributed by atoms with van der Waals surface area (Å²) in [6.07, 6.45) is 0. The molecule has 0 atom stereocenters. The molecule has 0 amide bonds. The highest BCUT2D eigenvalue weighted by atomic mass is 32.2. The summed E-state index contributed by atoms with van der Waals surface area (Å²) in [5, 5.41) is 3.78. The summed E-state index contributed by atoms with van der Waals surface area (Å²) in [5.74, 6) is 0.801. The maximum atomic E-state index is 13.0. The molecule has 3 aromatic rings. The monoisotopic (exact) mass is 429 g/mol. The van der Waals surface area contributed by atoms with E-state index in [2.05, 4.69) is 10.1 Å². The topological polar surface area (TPSA) is 96.9 Å². The summed E-state index contributed by atoms with van der Waals surface area (Å²) in [6, 6.07) is 10.4. The number of aromatic nitrogens is 1. The maximum absolute atomic E-state index is 13.0. The smallest absolute Gasteiger partial charge is 0.276 e. The number of aryl methyl sites for hydroxylation is 1. The van der Waals surface area contributed by atoms with Crippen molar-refractivity contribution in [1.82, 2.24) is 9.46 Å². The molecule has 9 heteroatoms. The summed E-state index contributed by atoms with van der Waals surface area (Å²) in [6.45, 7) is 6.97. The van der Waals surface area contributed by atoms with Crippen LogP contribution in [0.2, 0.25) is 0 Å². The molecule has 2 aromatic heterocycles. The van der Waals surface area contributed by atoms with Crippen LogP contribution in [0, 0.1) is 13.8 Å². The Bertz CT molecular complexity index is 1170. The molecular weight excluding hydrogens is 406 g/mol. The summed E-state index contributed by atoms with van der Waals surface area (Å²) >= 11 is 0. The first-order chi connectivity index (χ1) is 14.3. The zero-order valence-electron chi connectivity index (χ0n) is 17.1. The van der Waals surface area contributed by atoms with Crippen molar-refractivity contribution in [2.75, 3.05) is 31.1 Å². The lowest BCUT2D eigenvalue weighted by molar-refractivity contribution is 0.101. The third-order valence-corrected chi connectivity index (χ3v) is 7.21. The molecular formula is C21H23N3O5S. The number of carbonyl (C=O) groups is 1. The van der Waals surface area contributed by atoms with E-state index in [1.807, 2.05) is 26.0 Å². The zero-order valence-corrected chi connectivity index (χ0v) is 17.9. The highest BCUT2D eigenvalue weighted by Gasteiger charge is 2.31. The Morgan fingerprint density at radius 3 is 2.23 bits per heavy atom. The Hall–Kier alpha value is -2.91. The number of anilines is 1. The summed E-state index contributed by atoms with van der Waals surface area (Å²) < 4.78 is 38.3. The molecule has 3 heterocycles. The molecule has 0 radical (unpaired) electrons. The molecule has 1 aromatic carbocycles. The second-order valence-electron chi connectivity index (χ2n) is 7.33. The van der Waals surface area contributed by atoms with Gasteiger partial charge in [-0.1, -0.05) is 5.16 Å². The molecule has 1 fully saturated rings. The molecule has 4 rings (SSSR count). The number of hydrogen-bond donors (Lipinski definition) is 0. The summed E-state index contributed by atoms with van der Waals surface area (Å²) in [5.41, 5.74) is 3.18. The Labute approximate surface area is 175 Å². The SMILES string of the molecule is CC(=O)c1ccc(N2CCN(S(=O)(=O)c3ccc(-c4onc(C)c4C)o3)CC2)cc1. The molecule has 0 saturated carbocycles. The number of piperazine rings is 1. The van der Waals surface area contributed by atoms with Crippen LogP contribution in [-0.2, 0) is 10.0 Å². The lowest BCUT2D eigenvalue weighted by Gasteiger charge is -2.34. The molecule has 1 saturated heterocycles. The van der Waals surface area contributed by atoms with Crippen LogP contribution in [0.1, 0.15) is 28.5 Å². The van der Waals surface area contributed by atoms with Gasteiger partial charge in [0.15, 0.2) is 11.5 Å². The van der Waals surface area contributed by atoms with E-state index in [1.165, 1.54) is 17.3 Å². The Morgan fingerprint density at radius 1 is 1.00 bits per heavy atom. The standard InChI is InChI=1S/C21H23N3O5S/c1-14-15(2)22-29-21(14)19-8-9-20(28-19)30(26,27)24-12-10-23(11-13-24)18-6-4-17(5-7-18)16(3)25/h4-9H,10-13H2,1-3H3. The molecule has 1 aliphatic rings. The Balaban J connectivity index is 1.46. The van der Waals surface area contributed by atoms with Crippen molar-refractivity contribution < 1.29 is 22.2 Å². The molecule has 0 aliphatic carbocycles. The van der Waals surface area contributed by atoms with Crippen molar-refractivity contribution in [3.05, 3.63) is 53.2 Å². The predicted molar refractivity (Wildman–Crippen MR) is 111 cm³/mol. The van der Waals surface area contributed by atoms with E-state index in [4.69, 9.17) is 8.94 Å². The van der Waals surface area contributed by atoms with E-state index >= 15 is 0 Å². The second kappa shape index (κ2) is 7.73. The van der Waals surface area contributed by atoms with Crippen LogP contribution in [0.15, 0.2) is 50.4 Å². The number of nitrogens with zero attached hydrogens (tertiary/aromatic N) is 3. The normalized spacial score (nSPS) is 15.5. The number of ketones is 1. The minimum atomic E-state index is -3.75. The van der Waals surface area contributed by atoms with Crippen LogP contribution in [0.4, 0.5) is 5.69 Å². The first-order valence-electron chi connectivity index (χ1n) is 9.66. The fourth-order valence-corrected chi connectivity index (χ4v) is 4.78. The van der Waals surface area contributed by atoms with Gasteiger partial charge in [-0.25, -0.2) is 8.42 Å². The zero-order chi connectivity index (χ0) is 21.5. The summed E-state index contributed by atoms with van der Waals surface area (Å²) in [4.78, 5) is 13.5. The average Bonchev–Trinajstić information content (AvgIpc) is 3.36. The Morgan fingerprint density at radius 2 is 1.67 bits per heavy atom. The van der Waals surface area contributed by atoms with E-state index in [0.29, 0.717) is 43.3 Å². The number of Topliss-reactive ketones (excluding diaryl/α,β-unsaturated/α-hetero) is 1. The lowest BCUT2D eigenvalue weighted by atomic mass is 10.1. The van der Waals surface area contributed by atoms with E-state index in [0.717, 1.165) is 16.9 Å². The van der Waals surface area contributed by atoms with E-state index in [1.54, 1.807) is 18.2 Å². The molecule has 0 N–H and O–H groups in total. The largest absolute Gasteiger partial charge is 0.440 e. The van der Waals surface area contributed by atoms with Gasteiger partial charge in [0, 0.05) is 43.0 Å². The van der Waals surface area contributed by atoms with Gasteiger partial charge in [0.25, 0.3) is 10.0 Å². The minimum Gasteiger partial charge on any atom is -0.440 e. The van der Waals surface area contributed by atoms with Crippen LogP contribution >= 0.6 is 0 Å². The van der Waals surface area contributed by atoms with Crippen LogP contribution in [-0.4, -0.2) is 49.8 Å². The average molecular weight is 429 g/mol. The fourth-order valence-electron chi connectivity index (χ4n) is 3.45. The van der Waals surface area contributed by atoms with Crippen LogP contribution in [0.25, 0.3) is 11.5 Å². The Kier molecular flexibility index (Phi) is 5.25. The van der Waals surface area contributed by atoms with Gasteiger partial charge in [0.05, 0.1) is 5.69 Å². The van der Waals surface area contributed by atoms with E-state index in [9.17, 15) is 13.2 Å². The van der Waals surface area contributed by atoms with Crippen molar-refractivity contribution in [2.45, 2.75) is 25.9 Å². The number of furan rings is 1. The van der Waals surface area contributed by atoms with E-state index in [-0.39, 0.29) is 10.9 Å².